The van der Waals surface area contributed by atoms with Gasteiger partial charge in [0.25, 0.3) is 5.91 Å². The van der Waals surface area contributed by atoms with Gasteiger partial charge in [-0.15, -0.1) is 0 Å². The van der Waals surface area contributed by atoms with Gasteiger partial charge in [-0.25, -0.2) is 0 Å². The summed E-state index contributed by atoms with van der Waals surface area (Å²) in [6, 6.07) is 20.3. The van der Waals surface area contributed by atoms with Crippen molar-refractivity contribution in [3.63, 3.8) is 0 Å². The topological polar surface area (TPSA) is 78.7 Å². The highest BCUT2D eigenvalue weighted by Crippen LogP contribution is 2.37. The van der Waals surface area contributed by atoms with Gasteiger partial charge in [0.15, 0.2) is 5.79 Å². The molecule has 0 saturated carbocycles. The van der Waals surface area contributed by atoms with Crippen LogP contribution in [0.2, 0.25) is 0 Å². The zero-order valence-electron chi connectivity index (χ0n) is 24.5. The second kappa shape index (κ2) is 12.3. The Morgan fingerprint density at radius 1 is 0.976 bits per heavy atom. The largest absolute Gasteiger partial charge is 0.489 e. The first-order valence-corrected chi connectivity index (χ1v) is 14.2. The molecule has 4 heterocycles. The molecule has 0 radical (unpaired) electrons. The number of aromatic nitrogens is 3. The van der Waals surface area contributed by atoms with Gasteiger partial charge in [0, 0.05) is 36.6 Å². The molecule has 8 nitrogen and oxygen atoms in total. The van der Waals surface area contributed by atoms with Gasteiger partial charge >= 0.3 is 0 Å². The average Bonchev–Trinajstić information content (AvgIpc) is 3.54. The fraction of sp³-hybridized carbons (Fsp3) is 0.364. The van der Waals surface area contributed by atoms with Gasteiger partial charge in [0.1, 0.15) is 29.8 Å². The van der Waals surface area contributed by atoms with Crippen LogP contribution in [0, 0.1) is 0 Å². The van der Waals surface area contributed by atoms with Crippen molar-refractivity contribution in [1.29, 1.82) is 0 Å². The first-order chi connectivity index (χ1) is 19.8. The number of carbonyl (C=O) groups excluding carboxylic acids is 1. The van der Waals surface area contributed by atoms with Crippen LogP contribution in [0.1, 0.15) is 55.2 Å². The fourth-order valence-electron chi connectivity index (χ4n) is 5.45. The van der Waals surface area contributed by atoms with Gasteiger partial charge in [-0.1, -0.05) is 50.2 Å². The highest BCUT2D eigenvalue weighted by atomic mass is 32.1. The number of benzene rings is 2. The monoisotopic (exact) mass is 586 g/mol. The Morgan fingerprint density at radius 2 is 1.69 bits per heavy atom. The average molecular weight is 587 g/mol. The summed E-state index contributed by atoms with van der Waals surface area (Å²) in [5, 5.41) is 4.91. The highest BCUT2D eigenvalue weighted by molar-refractivity contribution is 7.59. The second-order valence-corrected chi connectivity index (χ2v) is 11.4. The molecule has 220 valence electrons. The van der Waals surface area contributed by atoms with Crippen LogP contribution in [0.4, 0.5) is 0 Å². The summed E-state index contributed by atoms with van der Waals surface area (Å²) >= 11 is 0. The third kappa shape index (κ3) is 6.23. The van der Waals surface area contributed by atoms with Gasteiger partial charge in [0.05, 0.1) is 13.2 Å². The summed E-state index contributed by atoms with van der Waals surface area (Å²) in [5.41, 5.74) is 6.41. The second-order valence-electron chi connectivity index (χ2n) is 11.4. The van der Waals surface area contributed by atoms with Crippen molar-refractivity contribution in [3.8, 4) is 28.1 Å². The Hall–Kier alpha value is -3.66. The maximum absolute atomic E-state index is 13.9. The molecule has 1 fully saturated rings. The van der Waals surface area contributed by atoms with E-state index in [0.717, 1.165) is 33.7 Å². The minimum absolute atomic E-state index is 0. The third-order valence-electron chi connectivity index (χ3n) is 7.66. The Bertz CT molecular complexity index is 1520. The van der Waals surface area contributed by atoms with E-state index in [2.05, 4.69) is 43.1 Å². The lowest BCUT2D eigenvalue weighted by Gasteiger charge is -2.30. The van der Waals surface area contributed by atoms with Crippen LogP contribution >= 0.6 is 13.5 Å². The molecule has 2 aromatic carbocycles. The zero-order valence-corrected chi connectivity index (χ0v) is 25.5. The Labute approximate surface area is 254 Å². The summed E-state index contributed by atoms with van der Waals surface area (Å²) in [5.74, 6) is 0.576. The number of hydrogen-bond acceptors (Lipinski definition) is 6. The van der Waals surface area contributed by atoms with E-state index in [4.69, 9.17) is 19.3 Å². The lowest BCUT2D eigenvalue weighted by atomic mass is 9.98. The molecule has 2 aromatic heterocycles. The number of carbonyl (C=O) groups is 1. The number of pyridine rings is 1. The van der Waals surface area contributed by atoms with Gasteiger partial charge in [-0.3, -0.25) is 14.5 Å². The number of rotatable bonds is 8. The molecule has 1 unspecified atom stereocenters. The van der Waals surface area contributed by atoms with Gasteiger partial charge in [-0.2, -0.15) is 18.6 Å². The Balaban J connectivity index is 0.00000353. The van der Waals surface area contributed by atoms with E-state index in [0.29, 0.717) is 44.5 Å². The molecular weight excluding hydrogens is 548 g/mol. The van der Waals surface area contributed by atoms with E-state index in [1.165, 1.54) is 5.56 Å². The first kappa shape index (κ1) is 29.8. The highest BCUT2D eigenvalue weighted by Gasteiger charge is 2.38. The Morgan fingerprint density at radius 3 is 2.33 bits per heavy atom. The Kier molecular flexibility index (Phi) is 8.73. The number of nitrogens with zero attached hydrogens (tertiary/aromatic N) is 4. The molecule has 9 heteroatoms. The standard InChI is InChI=1S/C33H36N4O4.H2S/c1-22(2)24-7-5-23(6-8-24)20-39-27-11-9-25(10-12-27)29-30(26-13-15-34-16-14-26)35-37-18-17-36(32(38)31(29)37)19-28-21-40-33(3,4)41-28;/h5-16,22,28H,17-21H2,1-4H3;1H2. The molecule has 1 amide bonds. The van der Waals surface area contributed by atoms with Crippen molar-refractivity contribution in [2.45, 2.75) is 58.7 Å². The molecular formula is C33H38N4O4S. The number of ether oxygens (including phenoxy) is 3. The number of fused-ring (bicyclic) bond motifs is 1. The van der Waals surface area contributed by atoms with Crippen LogP contribution < -0.4 is 4.74 Å². The van der Waals surface area contributed by atoms with Crippen molar-refractivity contribution >= 4 is 19.4 Å². The van der Waals surface area contributed by atoms with Crippen LogP contribution in [0.5, 0.6) is 5.75 Å². The van der Waals surface area contributed by atoms with Crippen LogP contribution in [0.25, 0.3) is 22.4 Å². The van der Waals surface area contributed by atoms with Crippen molar-refractivity contribution in [2.75, 3.05) is 19.7 Å². The zero-order chi connectivity index (χ0) is 28.6. The van der Waals surface area contributed by atoms with E-state index < -0.39 is 5.79 Å². The molecule has 0 bridgehead atoms. The van der Waals surface area contributed by atoms with Crippen LogP contribution in [-0.4, -0.2) is 57.2 Å². The van der Waals surface area contributed by atoms with Gasteiger partial charge in [-0.05, 0) is 60.7 Å². The quantitative estimate of drug-likeness (QED) is 0.251. The lowest BCUT2D eigenvalue weighted by molar-refractivity contribution is -0.139. The summed E-state index contributed by atoms with van der Waals surface area (Å²) in [6.45, 7) is 10.8. The number of hydrogen-bond donors (Lipinski definition) is 0. The van der Waals surface area contributed by atoms with E-state index in [1.54, 1.807) is 12.4 Å². The molecule has 1 saturated heterocycles. The SMILES string of the molecule is CC(C)c1ccc(COc2ccc(-c3c(-c4ccncc4)nn4c3C(=O)N(CC3COC(C)(C)O3)CC4)cc2)cc1.S. The van der Waals surface area contributed by atoms with Crippen molar-refractivity contribution in [3.05, 3.63) is 89.9 Å². The number of amides is 1. The van der Waals surface area contributed by atoms with E-state index in [9.17, 15) is 4.79 Å². The minimum atomic E-state index is -0.633. The molecule has 4 aromatic rings. The molecule has 0 aliphatic carbocycles. The molecule has 42 heavy (non-hydrogen) atoms. The molecule has 1 atom stereocenters. The van der Waals surface area contributed by atoms with Crippen molar-refractivity contribution in [2.24, 2.45) is 0 Å². The van der Waals surface area contributed by atoms with Crippen molar-refractivity contribution < 1.29 is 19.0 Å². The van der Waals surface area contributed by atoms with E-state index in [1.807, 2.05) is 59.8 Å². The van der Waals surface area contributed by atoms with Crippen LogP contribution in [0.3, 0.4) is 0 Å². The summed E-state index contributed by atoms with van der Waals surface area (Å²) in [7, 11) is 0. The summed E-state index contributed by atoms with van der Waals surface area (Å²) < 4.78 is 19.7. The molecule has 2 aliphatic rings. The van der Waals surface area contributed by atoms with Crippen molar-refractivity contribution in [1.82, 2.24) is 19.7 Å². The summed E-state index contributed by atoms with van der Waals surface area (Å²) in [6.07, 6.45) is 3.33. The minimum Gasteiger partial charge on any atom is -0.489 e. The predicted octanol–water partition coefficient (Wildman–Crippen LogP) is 6.03. The van der Waals surface area contributed by atoms with E-state index in [-0.39, 0.29) is 25.5 Å². The predicted molar refractivity (Wildman–Crippen MR) is 167 cm³/mol. The van der Waals surface area contributed by atoms with Crippen LogP contribution in [0.15, 0.2) is 73.1 Å². The maximum atomic E-state index is 13.9. The first-order valence-electron chi connectivity index (χ1n) is 14.2. The third-order valence-corrected chi connectivity index (χ3v) is 7.66. The van der Waals surface area contributed by atoms with Gasteiger partial charge in [0.2, 0.25) is 0 Å². The lowest BCUT2D eigenvalue weighted by Crippen LogP contribution is -2.45. The molecule has 0 spiro atoms. The van der Waals surface area contributed by atoms with E-state index >= 15 is 0 Å². The summed E-state index contributed by atoms with van der Waals surface area (Å²) in [4.78, 5) is 20.0. The van der Waals surface area contributed by atoms with Gasteiger partial charge < -0.3 is 19.1 Å². The molecule has 0 N–H and O–H groups in total. The normalized spacial score (nSPS) is 17.7. The fourth-order valence-corrected chi connectivity index (χ4v) is 5.45. The van der Waals surface area contributed by atoms with Crippen LogP contribution in [-0.2, 0) is 22.6 Å². The smallest absolute Gasteiger partial charge is 0.272 e. The molecule has 6 rings (SSSR count). The maximum Gasteiger partial charge on any atom is 0.272 e. The molecule has 2 aliphatic heterocycles.